The summed E-state index contributed by atoms with van der Waals surface area (Å²) in [6, 6.07) is 9.38. The van der Waals surface area contributed by atoms with Crippen LogP contribution in [0.4, 0.5) is 0 Å². The molecule has 0 unspecified atom stereocenters. The molecule has 0 heterocycles. The molecule has 2 rings (SSSR count). The molecule has 0 aliphatic heterocycles. The van der Waals surface area contributed by atoms with Crippen LogP contribution >= 0.6 is 0 Å². The zero-order valence-electron chi connectivity index (χ0n) is 12.0. The lowest BCUT2D eigenvalue weighted by molar-refractivity contribution is 0.316. The van der Waals surface area contributed by atoms with E-state index in [1.54, 1.807) is 12.1 Å². The average Bonchev–Trinajstić information content (AvgIpc) is 2.42. The molecule has 1 saturated carbocycles. The number of nitrogens with one attached hydrogen (secondary N) is 2. The minimum Gasteiger partial charge on any atom is -0.312 e. The maximum absolute atomic E-state index is 11.8. The van der Waals surface area contributed by atoms with E-state index in [0.29, 0.717) is 31.1 Å². The highest BCUT2D eigenvalue weighted by atomic mass is 32.2. The molecule has 21 heavy (non-hydrogen) atoms. The van der Waals surface area contributed by atoms with Crippen LogP contribution in [0.5, 0.6) is 0 Å². The van der Waals surface area contributed by atoms with Crippen molar-refractivity contribution < 1.29 is 8.42 Å². The van der Waals surface area contributed by atoms with E-state index < -0.39 is 10.0 Å². The highest BCUT2D eigenvalue weighted by Gasteiger charge is 2.19. The lowest BCUT2D eigenvalue weighted by atomic mass is 9.86. The number of sulfonamides is 1. The molecule has 0 bridgehead atoms. The van der Waals surface area contributed by atoms with Crippen LogP contribution in [0.15, 0.2) is 24.3 Å². The molecule has 0 radical (unpaired) electrons. The average molecular weight is 307 g/mol. The molecule has 0 aromatic heterocycles. The van der Waals surface area contributed by atoms with E-state index in [1.807, 2.05) is 12.1 Å². The van der Waals surface area contributed by atoms with Gasteiger partial charge in [0.2, 0.25) is 10.0 Å². The first kappa shape index (κ1) is 16.0. The fourth-order valence-electron chi connectivity index (χ4n) is 2.20. The monoisotopic (exact) mass is 307 g/mol. The fourth-order valence-corrected chi connectivity index (χ4v) is 3.25. The van der Waals surface area contributed by atoms with Crippen LogP contribution in [-0.4, -0.2) is 27.3 Å². The Labute approximate surface area is 126 Å². The van der Waals surface area contributed by atoms with Crippen LogP contribution in [0.2, 0.25) is 0 Å². The third kappa shape index (κ3) is 5.46. The molecule has 1 fully saturated rings. The van der Waals surface area contributed by atoms with Crippen LogP contribution in [-0.2, 0) is 16.6 Å². The van der Waals surface area contributed by atoms with Crippen LogP contribution in [0, 0.1) is 17.2 Å². The fraction of sp³-hybridized carbons (Fsp3) is 0.533. The molecule has 0 atom stereocenters. The summed E-state index contributed by atoms with van der Waals surface area (Å²) in [5, 5.41) is 11.9. The summed E-state index contributed by atoms with van der Waals surface area (Å²) in [5.41, 5.74) is 1.60. The second-order valence-electron chi connectivity index (χ2n) is 5.45. The minimum absolute atomic E-state index is 0.0810. The van der Waals surface area contributed by atoms with E-state index in [0.717, 1.165) is 18.4 Å². The lowest BCUT2D eigenvalue weighted by Gasteiger charge is -2.25. The maximum Gasteiger partial charge on any atom is 0.212 e. The molecule has 0 saturated heterocycles. The summed E-state index contributed by atoms with van der Waals surface area (Å²) in [5.74, 6) is 0.610. The quantitative estimate of drug-likeness (QED) is 0.711. The number of nitriles is 1. The Kier molecular flexibility index (Phi) is 5.74. The van der Waals surface area contributed by atoms with Gasteiger partial charge in [0.1, 0.15) is 0 Å². The van der Waals surface area contributed by atoms with Gasteiger partial charge in [-0.25, -0.2) is 13.1 Å². The summed E-state index contributed by atoms with van der Waals surface area (Å²) in [6.45, 7) is 1.54. The van der Waals surface area contributed by atoms with Crippen molar-refractivity contribution in [3.8, 4) is 6.07 Å². The van der Waals surface area contributed by atoms with Crippen molar-refractivity contribution in [1.29, 1.82) is 5.26 Å². The maximum atomic E-state index is 11.8. The van der Waals surface area contributed by atoms with Gasteiger partial charge in [-0.3, -0.25) is 0 Å². The van der Waals surface area contributed by atoms with E-state index >= 15 is 0 Å². The number of benzene rings is 1. The Balaban J connectivity index is 1.67. The van der Waals surface area contributed by atoms with Crippen molar-refractivity contribution in [2.75, 3.05) is 18.8 Å². The highest BCUT2D eigenvalue weighted by molar-refractivity contribution is 7.89. The van der Waals surface area contributed by atoms with Crippen LogP contribution < -0.4 is 10.0 Å². The van der Waals surface area contributed by atoms with Crippen molar-refractivity contribution in [2.24, 2.45) is 5.92 Å². The second-order valence-corrected chi connectivity index (χ2v) is 7.38. The number of rotatable bonds is 8. The molecule has 0 amide bonds. The predicted molar refractivity (Wildman–Crippen MR) is 82.0 cm³/mol. The third-order valence-electron chi connectivity index (χ3n) is 3.75. The van der Waals surface area contributed by atoms with E-state index in [2.05, 4.69) is 16.1 Å². The highest BCUT2D eigenvalue weighted by Crippen LogP contribution is 2.25. The van der Waals surface area contributed by atoms with Gasteiger partial charge in [0, 0.05) is 19.6 Å². The Bertz CT molecular complexity index is 604. The summed E-state index contributed by atoms with van der Waals surface area (Å²) in [6.07, 6.45) is 3.49. The van der Waals surface area contributed by atoms with E-state index in [9.17, 15) is 8.42 Å². The molecule has 114 valence electrons. The summed E-state index contributed by atoms with van der Waals surface area (Å²) in [7, 11) is -3.18. The van der Waals surface area contributed by atoms with Gasteiger partial charge in [-0.1, -0.05) is 18.6 Å². The third-order valence-corrected chi connectivity index (χ3v) is 5.10. The van der Waals surface area contributed by atoms with Crippen molar-refractivity contribution in [3.63, 3.8) is 0 Å². The largest absolute Gasteiger partial charge is 0.312 e. The number of hydrogen-bond acceptors (Lipinski definition) is 4. The van der Waals surface area contributed by atoms with E-state index in [-0.39, 0.29) is 5.75 Å². The van der Waals surface area contributed by atoms with Crippen LogP contribution in [0.3, 0.4) is 0 Å². The predicted octanol–water partition coefficient (Wildman–Crippen LogP) is 1.37. The zero-order valence-corrected chi connectivity index (χ0v) is 12.8. The molecular weight excluding hydrogens is 286 g/mol. The van der Waals surface area contributed by atoms with Crippen molar-refractivity contribution >= 4 is 10.0 Å². The van der Waals surface area contributed by atoms with Crippen molar-refractivity contribution in [3.05, 3.63) is 35.4 Å². The Morgan fingerprint density at radius 1 is 1.33 bits per heavy atom. The zero-order chi connectivity index (χ0) is 15.1. The van der Waals surface area contributed by atoms with Crippen LogP contribution in [0.1, 0.15) is 30.4 Å². The lowest BCUT2D eigenvalue weighted by Crippen LogP contribution is -2.36. The molecule has 5 nitrogen and oxygen atoms in total. The van der Waals surface area contributed by atoms with Crippen molar-refractivity contribution in [1.82, 2.24) is 10.0 Å². The molecule has 1 aromatic carbocycles. The summed E-state index contributed by atoms with van der Waals surface area (Å²) >= 11 is 0. The summed E-state index contributed by atoms with van der Waals surface area (Å²) < 4.78 is 26.3. The molecule has 2 N–H and O–H groups in total. The van der Waals surface area contributed by atoms with Gasteiger partial charge in [-0.15, -0.1) is 0 Å². The molecule has 1 aromatic rings. The van der Waals surface area contributed by atoms with E-state index in [1.165, 1.54) is 6.42 Å². The van der Waals surface area contributed by atoms with Gasteiger partial charge in [-0.2, -0.15) is 5.26 Å². The molecule has 1 aliphatic rings. The van der Waals surface area contributed by atoms with Gasteiger partial charge in [-0.05, 0) is 36.5 Å². The Hall–Kier alpha value is -1.42. The first-order valence-electron chi connectivity index (χ1n) is 7.26. The second kappa shape index (κ2) is 7.55. The number of nitrogens with zero attached hydrogens (tertiary/aromatic N) is 1. The van der Waals surface area contributed by atoms with Gasteiger partial charge in [0.25, 0.3) is 0 Å². The van der Waals surface area contributed by atoms with Crippen molar-refractivity contribution in [2.45, 2.75) is 25.8 Å². The molecule has 6 heteroatoms. The molecule has 1 aliphatic carbocycles. The first-order chi connectivity index (χ1) is 10.1. The standard InChI is InChI=1S/C15H21N3O2S/c16-10-14-5-2-6-15(9-14)11-17-7-8-21(19,20)18-12-13-3-1-4-13/h2,5-6,9,13,17-18H,1,3-4,7-8,11-12H2. The van der Waals surface area contributed by atoms with E-state index in [4.69, 9.17) is 5.26 Å². The van der Waals surface area contributed by atoms with Gasteiger partial charge in [0.05, 0.1) is 17.4 Å². The minimum atomic E-state index is -3.18. The summed E-state index contributed by atoms with van der Waals surface area (Å²) in [4.78, 5) is 0. The first-order valence-corrected chi connectivity index (χ1v) is 8.91. The SMILES string of the molecule is N#Cc1cccc(CNCCS(=O)(=O)NCC2CCC2)c1. The molecule has 0 spiro atoms. The van der Waals surface area contributed by atoms with Crippen LogP contribution in [0.25, 0.3) is 0 Å². The molecular formula is C15H21N3O2S. The Morgan fingerprint density at radius 2 is 2.14 bits per heavy atom. The van der Waals surface area contributed by atoms with Gasteiger partial charge < -0.3 is 5.32 Å². The normalized spacial score (nSPS) is 15.4. The smallest absolute Gasteiger partial charge is 0.212 e. The number of hydrogen-bond donors (Lipinski definition) is 2. The Morgan fingerprint density at radius 3 is 2.81 bits per heavy atom. The van der Waals surface area contributed by atoms with Gasteiger partial charge >= 0.3 is 0 Å². The topological polar surface area (TPSA) is 82.0 Å². The van der Waals surface area contributed by atoms with Gasteiger partial charge in [0.15, 0.2) is 0 Å².